The first-order valence-corrected chi connectivity index (χ1v) is 23.2. The second-order valence-corrected chi connectivity index (χ2v) is 17.6. The molecule has 1 aromatic heterocycles. The predicted molar refractivity (Wildman–Crippen MR) is 285 cm³/mol. The Morgan fingerprint density at radius 3 is 1.00 bits per heavy atom. The lowest BCUT2D eigenvalue weighted by molar-refractivity contribution is 1.07. The van der Waals surface area contributed by atoms with E-state index in [4.69, 9.17) is 15.0 Å². The van der Waals surface area contributed by atoms with Gasteiger partial charge in [0, 0.05) is 16.7 Å². The smallest absolute Gasteiger partial charge is 0.164 e. The van der Waals surface area contributed by atoms with E-state index < -0.39 is 0 Å². The Kier molecular flexibility index (Phi) is 9.50. The van der Waals surface area contributed by atoms with Crippen molar-refractivity contribution in [2.24, 2.45) is 0 Å². The van der Waals surface area contributed by atoms with Crippen LogP contribution in [-0.4, -0.2) is 15.0 Å². The molecular formula is C65H41N3. The quantitative estimate of drug-likeness (QED) is 0.150. The number of benzene rings is 12. The van der Waals surface area contributed by atoms with Gasteiger partial charge in [0.1, 0.15) is 0 Å². The molecule has 0 bridgehead atoms. The Labute approximate surface area is 394 Å². The molecule has 3 heteroatoms. The first kappa shape index (κ1) is 39.3. The highest BCUT2D eigenvalue weighted by atomic mass is 15.0. The lowest BCUT2D eigenvalue weighted by Gasteiger charge is -2.14. The van der Waals surface area contributed by atoms with Crippen LogP contribution in [0.1, 0.15) is 0 Å². The van der Waals surface area contributed by atoms with Crippen LogP contribution in [0.4, 0.5) is 0 Å². The fourth-order valence-corrected chi connectivity index (χ4v) is 10.1. The minimum absolute atomic E-state index is 0.614. The van der Waals surface area contributed by atoms with Crippen molar-refractivity contribution in [2.75, 3.05) is 0 Å². The molecule has 0 amide bonds. The minimum Gasteiger partial charge on any atom is -0.208 e. The number of hydrogen-bond donors (Lipinski definition) is 0. The van der Waals surface area contributed by atoms with E-state index in [-0.39, 0.29) is 0 Å². The van der Waals surface area contributed by atoms with E-state index in [1.165, 1.54) is 76.1 Å². The van der Waals surface area contributed by atoms with Gasteiger partial charge in [-0.3, -0.25) is 0 Å². The summed E-state index contributed by atoms with van der Waals surface area (Å²) < 4.78 is 0. The molecule has 0 unspecified atom stereocenters. The van der Waals surface area contributed by atoms with Crippen LogP contribution in [0.3, 0.4) is 0 Å². The van der Waals surface area contributed by atoms with E-state index >= 15 is 0 Å². The van der Waals surface area contributed by atoms with Gasteiger partial charge in [0.05, 0.1) is 0 Å². The maximum Gasteiger partial charge on any atom is 0.164 e. The molecule has 0 saturated heterocycles. The van der Waals surface area contributed by atoms with Gasteiger partial charge in [-0.05, 0) is 141 Å². The number of aromatic nitrogens is 3. The van der Waals surface area contributed by atoms with Gasteiger partial charge in [0.25, 0.3) is 0 Å². The third kappa shape index (κ3) is 7.06. The molecule has 13 rings (SSSR count). The van der Waals surface area contributed by atoms with Gasteiger partial charge < -0.3 is 0 Å². The first-order chi connectivity index (χ1) is 33.7. The summed E-state index contributed by atoms with van der Waals surface area (Å²) in [6.07, 6.45) is 0. The van der Waals surface area contributed by atoms with E-state index in [2.05, 4.69) is 249 Å². The summed E-state index contributed by atoms with van der Waals surface area (Å²) in [6.45, 7) is 0. The summed E-state index contributed by atoms with van der Waals surface area (Å²) in [5.41, 5.74) is 12.0. The maximum atomic E-state index is 5.31. The number of nitrogens with zero attached hydrogens (tertiary/aromatic N) is 3. The molecule has 0 aliphatic rings. The van der Waals surface area contributed by atoms with Crippen LogP contribution in [0.2, 0.25) is 0 Å². The molecule has 0 fully saturated rings. The van der Waals surface area contributed by atoms with Crippen molar-refractivity contribution in [3.05, 3.63) is 249 Å². The number of fused-ring (bicyclic) bond motifs is 7. The summed E-state index contributed by atoms with van der Waals surface area (Å²) in [5, 5.41) is 12.2. The van der Waals surface area contributed by atoms with Crippen LogP contribution in [0.25, 0.3) is 133 Å². The zero-order valence-corrected chi connectivity index (χ0v) is 37.0. The van der Waals surface area contributed by atoms with E-state index in [1.807, 2.05) is 0 Å². The molecule has 0 N–H and O–H groups in total. The molecular weight excluding hydrogens is 823 g/mol. The largest absolute Gasteiger partial charge is 0.208 e. The Morgan fingerprint density at radius 2 is 0.515 bits per heavy atom. The lowest BCUT2D eigenvalue weighted by atomic mass is 9.92. The summed E-state index contributed by atoms with van der Waals surface area (Å²) in [5.74, 6) is 1.84. The second-order valence-electron chi connectivity index (χ2n) is 17.6. The third-order valence-electron chi connectivity index (χ3n) is 13.4. The Bertz CT molecular complexity index is 3920. The fourth-order valence-electron chi connectivity index (χ4n) is 10.1. The highest BCUT2D eigenvalue weighted by molar-refractivity contribution is 6.15. The first-order valence-electron chi connectivity index (χ1n) is 23.2. The molecule has 12 aromatic carbocycles. The van der Waals surface area contributed by atoms with Gasteiger partial charge in [-0.15, -0.1) is 0 Å². The molecule has 68 heavy (non-hydrogen) atoms. The fraction of sp³-hybridized carbons (Fsp3) is 0. The molecule has 1 heterocycles. The highest BCUT2D eigenvalue weighted by Crippen LogP contribution is 2.39. The van der Waals surface area contributed by atoms with E-state index in [9.17, 15) is 0 Å². The Hall–Kier alpha value is -9.05. The van der Waals surface area contributed by atoms with Crippen LogP contribution < -0.4 is 0 Å². The zero-order chi connectivity index (χ0) is 45.0. The molecule has 0 saturated carbocycles. The molecule has 0 radical (unpaired) electrons. The van der Waals surface area contributed by atoms with Crippen molar-refractivity contribution in [2.45, 2.75) is 0 Å². The standard InChI is InChI=1S/C65H41N3/c1-2-15-42(16-3-1)44-31-32-47-36-45(33-34-46(47)35-44)43-19-12-22-52(37-43)63-66-64(53-23-13-20-48(38-53)61-40-50-17-4-6-25-55(50)57-27-8-10-29-59(57)61)68-65(67-63)54-24-14-21-49(39-54)62-41-51-18-5-7-26-56(51)58-28-9-11-30-60(58)62/h1-41H. The number of hydrogen-bond acceptors (Lipinski definition) is 3. The molecule has 0 aliphatic heterocycles. The zero-order valence-electron chi connectivity index (χ0n) is 37.0. The van der Waals surface area contributed by atoms with Crippen molar-refractivity contribution >= 4 is 53.9 Å². The summed E-state index contributed by atoms with van der Waals surface area (Å²) in [7, 11) is 0. The Balaban J connectivity index is 0.954. The van der Waals surface area contributed by atoms with E-state index in [1.54, 1.807) is 0 Å². The van der Waals surface area contributed by atoms with Crippen molar-refractivity contribution in [3.8, 4) is 78.7 Å². The summed E-state index contributed by atoms with van der Waals surface area (Å²) in [6, 6.07) is 89.1. The molecule has 0 atom stereocenters. The van der Waals surface area contributed by atoms with E-state index in [0.29, 0.717) is 17.5 Å². The van der Waals surface area contributed by atoms with Crippen molar-refractivity contribution in [3.63, 3.8) is 0 Å². The SMILES string of the molecule is c1ccc(-c2ccc3cc(-c4cccc(-c5nc(-c6cccc(-c7cc8ccccc8c8ccccc78)c6)nc(-c6cccc(-c7cc8ccccc8c8ccccc78)c6)n5)c4)ccc3c2)cc1. The van der Waals surface area contributed by atoms with Gasteiger partial charge in [-0.2, -0.15) is 0 Å². The predicted octanol–water partition coefficient (Wildman–Crippen LogP) is 17.3. The molecule has 0 aliphatic carbocycles. The van der Waals surface area contributed by atoms with Crippen LogP contribution in [-0.2, 0) is 0 Å². The van der Waals surface area contributed by atoms with Gasteiger partial charge >= 0.3 is 0 Å². The van der Waals surface area contributed by atoms with E-state index in [0.717, 1.165) is 38.9 Å². The second kappa shape index (κ2) is 16.4. The van der Waals surface area contributed by atoms with Crippen LogP contribution in [0, 0.1) is 0 Å². The maximum absolute atomic E-state index is 5.31. The summed E-state index contributed by atoms with van der Waals surface area (Å²) in [4.78, 5) is 15.9. The molecule has 316 valence electrons. The van der Waals surface area contributed by atoms with Crippen molar-refractivity contribution in [1.82, 2.24) is 15.0 Å². The van der Waals surface area contributed by atoms with Crippen molar-refractivity contribution in [1.29, 1.82) is 0 Å². The van der Waals surface area contributed by atoms with Crippen LogP contribution in [0.15, 0.2) is 249 Å². The topological polar surface area (TPSA) is 38.7 Å². The Morgan fingerprint density at radius 1 is 0.176 bits per heavy atom. The normalized spacial score (nSPS) is 11.5. The lowest BCUT2D eigenvalue weighted by Crippen LogP contribution is -2.00. The van der Waals surface area contributed by atoms with Gasteiger partial charge in [0.15, 0.2) is 17.5 Å². The average Bonchev–Trinajstić information content (AvgIpc) is 3.42. The average molecular weight is 864 g/mol. The van der Waals surface area contributed by atoms with Gasteiger partial charge in [-0.25, -0.2) is 15.0 Å². The number of rotatable bonds is 7. The summed E-state index contributed by atoms with van der Waals surface area (Å²) >= 11 is 0. The minimum atomic E-state index is 0.614. The van der Waals surface area contributed by atoms with Crippen LogP contribution in [0.5, 0.6) is 0 Å². The molecule has 3 nitrogen and oxygen atoms in total. The molecule has 0 spiro atoms. The monoisotopic (exact) mass is 863 g/mol. The highest BCUT2D eigenvalue weighted by Gasteiger charge is 2.17. The molecule has 13 aromatic rings. The van der Waals surface area contributed by atoms with Gasteiger partial charge in [-0.1, -0.05) is 206 Å². The van der Waals surface area contributed by atoms with Crippen LogP contribution >= 0.6 is 0 Å². The van der Waals surface area contributed by atoms with Crippen molar-refractivity contribution < 1.29 is 0 Å². The third-order valence-corrected chi connectivity index (χ3v) is 13.4. The van der Waals surface area contributed by atoms with Gasteiger partial charge in [0.2, 0.25) is 0 Å².